The third-order valence-electron chi connectivity index (χ3n) is 3.49. The van der Waals surface area contributed by atoms with Gasteiger partial charge in [0.05, 0.1) is 12.7 Å². The number of hydrogen-bond acceptors (Lipinski definition) is 7. The number of β-amino-alcohol motifs (C(OH)–C–C–N with tert-alkyl or cyclic N) is 1. The van der Waals surface area contributed by atoms with Gasteiger partial charge in [-0.05, 0) is 5.56 Å². The fourth-order valence-electron chi connectivity index (χ4n) is 2.31. The Balaban J connectivity index is 1.75. The van der Waals surface area contributed by atoms with E-state index in [9.17, 15) is 5.11 Å². The molecule has 1 aromatic carbocycles. The number of benzene rings is 1. The van der Waals surface area contributed by atoms with Crippen molar-refractivity contribution in [3.63, 3.8) is 0 Å². The summed E-state index contributed by atoms with van der Waals surface area (Å²) in [4.78, 5) is 13.8. The molecule has 2 aromatic rings. The Bertz CT molecular complexity index is 688. The number of fused-ring (bicyclic) bond motifs is 1. The van der Waals surface area contributed by atoms with Crippen molar-refractivity contribution in [1.82, 2.24) is 9.97 Å². The van der Waals surface area contributed by atoms with Crippen molar-refractivity contribution < 1.29 is 10.2 Å². The fraction of sp³-hybridized carbons (Fsp3) is 0.333. The standard InChI is InChI=1S/C15H19N5O2S/c16-13-12-14(20(9-17-13)6-11(22)7-21)19-15(18-12)23-8-10-4-2-1-3-5-10/h1-5,11,21-22H,6-9H2,(H2,16,17)(H,18,19)/t11-/m1/s1. The molecule has 1 aromatic heterocycles. The van der Waals surface area contributed by atoms with Gasteiger partial charge in [-0.25, -0.2) is 9.98 Å². The van der Waals surface area contributed by atoms with Crippen LogP contribution >= 0.6 is 11.8 Å². The van der Waals surface area contributed by atoms with Crippen LogP contribution < -0.4 is 10.6 Å². The number of aromatic nitrogens is 2. The molecule has 0 unspecified atom stereocenters. The number of amidine groups is 1. The fourth-order valence-corrected chi connectivity index (χ4v) is 3.13. The van der Waals surface area contributed by atoms with Crippen LogP contribution in [0.1, 0.15) is 11.3 Å². The molecule has 0 amide bonds. The first kappa shape index (κ1) is 15.9. The van der Waals surface area contributed by atoms with Crippen molar-refractivity contribution in [3.8, 4) is 0 Å². The van der Waals surface area contributed by atoms with Gasteiger partial charge in [0.2, 0.25) is 0 Å². The van der Waals surface area contributed by atoms with Crippen LogP contribution in [0.5, 0.6) is 0 Å². The molecule has 7 nitrogen and oxygen atoms in total. The highest BCUT2D eigenvalue weighted by Crippen LogP contribution is 2.28. The van der Waals surface area contributed by atoms with Gasteiger partial charge in [-0.2, -0.15) is 0 Å². The Morgan fingerprint density at radius 1 is 1.35 bits per heavy atom. The summed E-state index contributed by atoms with van der Waals surface area (Å²) in [6.07, 6.45) is -0.838. The van der Waals surface area contributed by atoms with Gasteiger partial charge >= 0.3 is 0 Å². The molecule has 0 spiro atoms. The molecule has 3 rings (SSSR count). The van der Waals surface area contributed by atoms with Gasteiger partial charge in [-0.1, -0.05) is 42.1 Å². The normalized spacial score (nSPS) is 15.2. The first-order valence-electron chi connectivity index (χ1n) is 7.28. The maximum absolute atomic E-state index is 9.65. The van der Waals surface area contributed by atoms with Crippen molar-refractivity contribution >= 4 is 23.4 Å². The lowest BCUT2D eigenvalue weighted by molar-refractivity contribution is 0.0998. The molecule has 122 valence electrons. The molecule has 23 heavy (non-hydrogen) atoms. The van der Waals surface area contributed by atoms with Gasteiger partial charge in [0.25, 0.3) is 0 Å². The lowest BCUT2D eigenvalue weighted by Gasteiger charge is -2.26. The molecule has 8 heteroatoms. The molecule has 0 saturated heterocycles. The smallest absolute Gasteiger partial charge is 0.168 e. The summed E-state index contributed by atoms with van der Waals surface area (Å²) in [6.45, 7) is 0.280. The van der Waals surface area contributed by atoms with E-state index in [2.05, 4.69) is 27.1 Å². The van der Waals surface area contributed by atoms with Gasteiger partial charge in [0, 0.05) is 12.3 Å². The zero-order valence-corrected chi connectivity index (χ0v) is 13.3. The van der Waals surface area contributed by atoms with E-state index in [1.807, 2.05) is 18.2 Å². The quantitative estimate of drug-likeness (QED) is 0.574. The van der Waals surface area contributed by atoms with Gasteiger partial charge in [0.1, 0.15) is 18.2 Å². The average Bonchev–Trinajstić information content (AvgIpc) is 3.02. The number of nitrogens with zero attached hydrogens (tertiary/aromatic N) is 3. The molecule has 1 aliphatic rings. The second kappa shape index (κ2) is 7.03. The number of thioether (sulfide) groups is 1. The van der Waals surface area contributed by atoms with Crippen LogP contribution in [0.2, 0.25) is 0 Å². The second-order valence-corrected chi connectivity index (χ2v) is 6.22. The Kier molecular flexibility index (Phi) is 4.85. The zero-order valence-electron chi connectivity index (χ0n) is 12.5. The Labute approximate surface area is 138 Å². The molecule has 0 aliphatic carbocycles. The van der Waals surface area contributed by atoms with Crippen molar-refractivity contribution in [2.24, 2.45) is 10.7 Å². The number of imidazole rings is 1. The third kappa shape index (κ3) is 3.66. The molecule has 1 aliphatic heterocycles. The number of aromatic amines is 1. The molecular formula is C15H19N5O2S. The van der Waals surface area contributed by atoms with E-state index in [-0.39, 0.29) is 13.2 Å². The van der Waals surface area contributed by atoms with E-state index in [4.69, 9.17) is 10.8 Å². The topological polar surface area (TPSA) is 111 Å². The lowest BCUT2D eigenvalue weighted by atomic mass is 10.2. The first-order valence-corrected chi connectivity index (χ1v) is 8.27. The number of aliphatic hydroxyl groups excluding tert-OH is 2. The second-order valence-electron chi connectivity index (χ2n) is 5.26. The summed E-state index contributed by atoms with van der Waals surface area (Å²) in [5.74, 6) is 1.87. The number of anilines is 1. The summed E-state index contributed by atoms with van der Waals surface area (Å²) in [7, 11) is 0. The number of aliphatic imine (C=N–C) groups is 1. The van der Waals surface area contributed by atoms with Crippen LogP contribution in [0.15, 0.2) is 40.5 Å². The summed E-state index contributed by atoms with van der Waals surface area (Å²) in [5.41, 5.74) is 7.80. The van der Waals surface area contributed by atoms with Gasteiger partial charge in [0.15, 0.2) is 11.0 Å². The van der Waals surface area contributed by atoms with Gasteiger partial charge in [-0.15, -0.1) is 0 Å². The minimum Gasteiger partial charge on any atom is -0.394 e. The lowest BCUT2D eigenvalue weighted by Crippen LogP contribution is -2.39. The Hall–Kier alpha value is -2.03. The number of nitrogens with two attached hydrogens (primary N) is 1. The number of hydrogen-bond donors (Lipinski definition) is 4. The maximum atomic E-state index is 9.65. The molecule has 0 radical (unpaired) electrons. The number of nitrogens with one attached hydrogen (secondary N) is 1. The van der Waals surface area contributed by atoms with Crippen molar-refractivity contribution in [1.29, 1.82) is 0 Å². The van der Waals surface area contributed by atoms with Crippen LogP contribution in [0, 0.1) is 0 Å². The molecule has 0 saturated carbocycles. The SMILES string of the molecule is NC1=NCN(C[C@@H](O)CO)c2nc(SCc3ccccc3)[nH]c21. The first-order chi connectivity index (χ1) is 11.2. The van der Waals surface area contributed by atoms with E-state index < -0.39 is 6.10 Å². The van der Waals surface area contributed by atoms with Crippen LogP contribution in [-0.4, -0.2) is 51.9 Å². The molecule has 0 fully saturated rings. The van der Waals surface area contributed by atoms with Crippen molar-refractivity contribution in [3.05, 3.63) is 41.6 Å². The highest BCUT2D eigenvalue weighted by molar-refractivity contribution is 7.98. The molecule has 0 bridgehead atoms. The van der Waals surface area contributed by atoms with Crippen LogP contribution in [0.25, 0.3) is 0 Å². The predicted octanol–water partition coefficient (Wildman–Crippen LogP) is 0.538. The van der Waals surface area contributed by atoms with E-state index in [1.165, 1.54) is 5.56 Å². The van der Waals surface area contributed by atoms with E-state index in [1.54, 1.807) is 16.7 Å². The maximum Gasteiger partial charge on any atom is 0.168 e. The van der Waals surface area contributed by atoms with Gasteiger partial charge < -0.3 is 25.8 Å². The molecular weight excluding hydrogens is 314 g/mol. The summed E-state index contributed by atoms with van der Waals surface area (Å²) < 4.78 is 0. The molecule has 1 atom stereocenters. The van der Waals surface area contributed by atoms with Crippen LogP contribution in [0.4, 0.5) is 5.82 Å². The van der Waals surface area contributed by atoms with Crippen molar-refractivity contribution in [2.45, 2.75) is 17.0 Å². The molecule has 2 heterocycles. The summed E-state index contributed by atoms with van der Waals surface area (Å²) in [6, 6.07) is 10.1. The summed E-state index contributed by atoms with van der Waals surface area (Å²) >= 11 is 1.58. The Morgan fingerprint density at radius 3 is 2.87 bits per heavy atom. The van der Waals surface area contributed by atoms with Crippen LogP contribution in [0.3, 0.4) is 0 Å². The number of H-pyrrole nitrogens is 1. The molecule has 5 N–H and O–H groups in total. The highest BCUT2D eigenvalue weighted by Gasteiger charge is 2.25. The van der Waals surface area contributed by atoms with E-state index in [0.717, 1.165) is 10.9 Å². The zero-order chi connectivity index (χ0) is 16.2. The van der Waals surface area contributed by atoms with Crippen LogP contribution in [-0.2, 0) is 5.75 Å². The van der Waals surface area contributed by atoms with E-state index >= 15 is 0 Å². The largest absolute Gasteiger partial charge is 0.394 e. The minimum atomic E-state index is -0.838. The average molecular weight is 333 g/mol. The predicted molar refractivity (Wildman–Crippen MR) is 90.6 cm³/mol. The number of rotatable bonds is 6. The van der Waals surface area contributed by atoms with E-state index in [0.29, 0.717) is 24.0 Å². The third-order valence-corrected chi connectivity index (χ3v) is 4.44. The Morgan fingerprint density at radius 2 is 2.13 bits per heavy atom. The highest BCUT2D eigenvalue weighted by atomic mass is 32.2. The number of aliphatic hydroxyl groups is 2. The monoisotopic (exact) mass is 333 g/mol. The van der Waals surface area contributed by atoms with Crippen molar-refractivity contribution in [2.75, 3.05) is 24.7 Å². The summed E-state index contributed by atoms with van der Waals surface area (Å²) in [5, 5.41) is 19.4. The van der Waals surface area contributed by atoms with Gasteiger partial charge in [-0.3, -0.25) is 0 Å². The minimum absolute atomic E-state index is 0.258.